The smallest absolute Gasteiger partial charge is 0.302 e. The van der Waals surface area contributed by atoms with Gasteiger partial charge in [-0.2, -0.15) is 0 Å². The van der Waals surface area contributed by atoms with Crippen molar-refractivity contribution in [2.75, 3.05) is 0 Å². The highest BCUT2D eigenvalue weighted by atomic mass is 16.2. The molecule has 0 aromatic carbocycles. The van der Waals surface area contributed by atoms with Crippen LogP contribution in [-0.2, 0) is 18.4 Å². The molecule has 15 heavy (non-hydrogen) atoms. The molecule has 6 nitrogen and oxygen atoms in total. The third-order valence-electron chi connectivity index (χ3n) is 2.23. The first-order chi connectivity index (χ1) is 7.15. The standard InChI is InChI=1S/C9H16N4O2/c1-12-6-7-13(9(12)15)5-3-2-4-8(14)11-10/h6-7H,2-5,10H2,1H3,(H,11,14). The summed E-state index contributed by atoms with van der Waals surface area (Å²) in [6, 6.07) is 0. The molecule has 1 aromatic heterocycles. The van der Waals surface area contributed by atoms with Crippen molar-refractivity contribution in [3.8, 4) is 0 Å². The predicted molar refractivity (Wildman–Crippen MR) is 55.9 cm³/mol. The summed E-state index contributed by atoms with van der Waals surface area (Å²) in [5.74, 6) is 4.76. The van der Waals surface area contributed by atoms with E-state index in [0.29, 0.717) is 13.0 Å². The number of amides is 1. The summed E-state index contributed by atoms with van der Waals surface area (Å²) in [7, 11) is 1.71. The topological polar surface area (TPSA) is 82.1 Å². The molecule has 0 spiro atoms. The minimum atomic E-state index is -0.171. The molecule has 0 bridgehead atoms. The Morgan fingerprint density at radius 1 is 1.47 bits per heavy atom. The maximum absolute atomic E-state index is 11.4. The number of aromatic nitrogens is 2. The Bertz CT molecular complexity index is 380. The first-order valence-electron chi connectivity index (χ1n) is 4.86. The SMILES string of the molecule is Cn1ccn(CCCCC(=O)NN)c1=O. The second kappa shape index (κ2) is 5.35. The molecule has 0 aliphatic heterocycles. The number of carbonyl (C=O) groups is 1. The van der Waals surface area contributed by atoms with Gasteiger partial charge >= 0.3 is 5.69 Å². The fourth-order valence-corrected chi connectivity index (χ4v) is 1.32. The monoisotopic (exact) mass is 212 g/mol. The van der Waals surface area contributed by atoms with Crippen LogP contribution in [0.4, 0.5) is 0 Å². The van der Waals surface area contributed by atoms with Gasteiger partial charge in [0.15, 0.2) is 0 Å². The predicted octanol–water partition coefficient (Wildman–Crippen LogP) is -0.653. The lowest BCUT2D eigenvalue weighted by atomic mass is 10.2. The van der Waals surface area contributed by atoms with E-state index in [1.807, 2.05) is 0 Å². The summed E-state index contributed by atoms with van der Waals surface area (Å²) < 4.78 is 3.15. The highest BCUT2D eigenvalue weighted by Crippen LogP contribution is 1.97. The molecular formula is C9H16N4O2. The fraction of sp³-hybridized carbons (Fsp3) is 0.556. The molecule has 6 heteroatoms. The average Bonchev–Trinajstić information content (AvgIpc) is 2.55. The van der Waals surface area contributed by atoms with Crippen LogP contribution in [0.2, 0.25) is 0 Å². The largest absolute Gasteiger partial charge is 0.327 e. The molecule has 3 N–H and O–H groups in total. The van der Waals surface area contributed by atoms with Crippen LogP contribution < -0.4 is 17.0 Å². The average molecular weight is 212 g/mol. The molecular weight excluding hydrogens is 196 g/mol. The van der Waals surface area contributed by atoms with Crippen LogP contribution in [0.5, 0.6) is 0 Å². The van der Waals surface area contributed by atoms with Gasteiger partial charge in [0, 0.05) is 32.4 Å². The van der Waals surface area contributed by atoms with E-state index in [4.69, 9.17) is 5.84 Å². The van der Waals surface area contributed by atoms with E-state index in [1.54, 1.807) is 24.0 Å². The number of imidazole rings is 1. The molecule has 84 valence electrons. The molecule has 0 radical (unpaired) electrons. The molecule has 1 rings (SSSR count). The molecule has 0 fully saturated rings. The number of nitrogens with one attached hydrogen (secondary N) is 1. The van der Waals surface area contributed by atoms with Gasteiger partial charge in [0.25, 0.3) is 0 Å². The summed E-state index contributed by atoms with van der Waals surface area (Å²) in [6.07, 6.45) is 5.38. The van der Waals surface area contributed by atoms with Crippen molar-refractivity contribution in [1.82, 2.24) is 14.6 Å². The van der Waals surface area contributed by atoms with Gasteiger partial charge in [0.2, 0.25) is 5.91 Å². The van der Waals surface area contributed by atoms with Crippen molar-refractivity contribution in [2.45, 2.75) is 25.8 Å². The minimum Gasteiger partial charge on any atom is -0.302 e. The van der Waals surface area contributed by atoms with Crippen molar-refractivity contribution >= 4 is 5.91 Å². The normalized spacial score (nSPS) is 10.3. The van der Waals surface area contributed by atoms with Gasteiger partial charge in [-0.15, -0.1) is 0 Å². The number of unbranched alkanes of at least 4 members (excludes halogenated alkanes) is 1. The zero-order valence-corrected chi connectivity index (χ0v) is 8.77. The van der Waals surface area contributed by atoms with Crippen LogP contribution in [0.3, 0.4) is 0 Å². The van der Waals surface area contributed by atoms with Crippen LogP contribution in [0, 0.1) is 0 Å². The van der Waals surface area contributed by atoms with Gasteiger partial charge in [0.1, 0.15) is 0 Å². The number of hydrazine groups is 1. The quantitative estimate of drug-likeness (QED) is 0.294. The molecule has 1 heterocycles. The van der Waals surface area contributed by atoms with Crippen molar-refractivity contribution in [3.05, 3.63) is 22.9 Å². The number of aryl methyl sites for hydroxylation is 2. The summed E-state index contributed by atoms with van der Waals surface area (Å²) in [4.78, 5) is 22.2. The van der Waals surface area contributed by atoms with Gasteiger partial charge < -0.3 is 4.57 Å². The van der Waals surface area contributed by atoms with E-state index in [-0.39, 0.29) is 11.6 Å². The number of nitrogens with two attached hydrogens (primary N) is 1. The molecule has 1 amide bonds. The Labute approximate surface area is 87.7 Å². The van der Waals surface area contributed by atoms with Crippen LogP contribution >= 0.6 is 0 Å². The lowest BCUT2D eigenvalue weighted by Crippen LogP contribution is -2.29. The highest BCUT2D eigenvalue weighted by Gasteiger charge is 2.01. The maximum Gasteiger partial charge on any atom is 0.327 e. The van der Waals surface area contributed by atoms with E-state index in [0.717, 1.165) is 12.8 Å². The summed E-state index contributed by atoms with van der Waals surface area (Å²) in [6.45, 7) is 0.636. The Balaban J connectivity index is 2.29. The van der Waals surface area contributed by atoms with Crippen LogP contribution in [0.1, 0.15) is 19.3 Å². The van der Waals surface area contributed by atoms with Crippen LogP contribution in [-0.4, -0.2) is 15.0 Å². The minimum absolute atomic E-state index is 0.0294. The zero-order valence-electron chi connectivity index (χ0n) is 8.77. The zero-order chi connectivity index (χ0) is 11.3. The van der Waals surface area contributed by atoms with Crippen LogP contribution in [0.25, 0.3) is 0 Å². The number of hydrogen-bond acceptors (Lipinski definition) is 3. The molecule has 1 aromatic rings. The Morgan fingerprint density at radius 3 is 2.73 bits per heavy atom. The van der Waals surface area contributed by atoms with Gasteiger partial charge in [-0.05, 0) is 12.8 Å². The fourth-order valence-electron chi connectivity index (χ4n) is 1.32. The lowest BCUT2D eigenvalue weighted by molar-refractivity contribution is -0.121. The summed E-state index contributed by atoms with van der Waals surface area (Å²) in [5.41, 5.74) is 2.04. The van der Waals surface area contributed by atoms with Gasteiger partial charge in [-0.3, -0.25) is 14.8 Å². The second-order valence-electron chi connectivity index (χ2n) is 3.41. The van der Waals surface area contributed by atoms with Gasteiger partial charge in [-0.25, -0.2) is 10.6 Å². The number of nitrogens with zero attached hydrogens (tertiary/aromatic N) is 2. The maximum atomic E-state index is 11.4. The molecule has 0 aliphatic rings. The first-order valence-corrected chi connectivity index (χ1v) is 4.86. The van der Waals surface area contributed by atoms with E-state index in [9.17, 15) is 9.59 Å². The second-order valence-corrected chi connectivity index (χ2v) is 3.41. The molecule has 0 aliphatic carbocycles. The Hall–Kier alpha value is -1.56. The summed E-state index contributed by atoms with van der Waals surface area (Å²) in [5, 5.41) is 0. The van der Waals surface area contributed by atoms with E-state index >= 15 is 0 Å². The third kappa shape index (κ3) is 3.25. The van der Waals surface area contributed by atoms with Gasteiger partial charge in [-0.1, -0.05) is 0 Å². The van der Waals surface area contributed by atoms with Crippen molar-refractivity contribution < 1.29 is 4.79 Å². The van der Waals surface area contributed by atoms with Crippen molar-refractivity contribution in [2.24, 2.45) is 12.9 Å². The number of rotatable bonds is 5. The summed E-state index contributed by atoms with van der Waals surface area (Å²) >= 11 is 0. The highest BCUT2D eigenvalue weighted by molar-refractivity contribution is 5.74. The van der Waals surface area contributed by atoms with Gasteiger partial charge in [0.05, 0.1) is 0 Å². The van der Waals surface area contributed by atoms with Crippen molar-refractivity contribution in [1.29, 1.82) is 0 Å². The molecule has 0 atom stereocenters. The number of hydrogen-bond donors (Lipinski definition) is 2. The van der Waals surface area contributed by atoms with E-state index in [1.165, 1.54) is 4.57 Å². The molecule has 0 saturated carbocycles. The lowest BCUT2D eigenvalue weighted by Gasteiger charge is -2.01. The Morgan fingerprint density at radius 2 is 2.20 bits per heavy atom. The first kappa shape index (κ1) is 11.5. The van der Waals surface area contributed by atoms with Crippen molar-refractivity contribution in [3.63, 3.8) is 0 Å². The van der Waals surface area contributed by atoms with E-state index in [2.05, 4.69) is 5.43 Å². The Kier molecular flexibility index (Phi) is 4.11. The number of carbonyl (C=O) groups excluding carboxylic acids is 1. The molecule has 0 unspecified atom stereocenters. The van der Waals surface area contributed by atoms with E-state index < -0.39 is 0 Å². The third-order valence-corrected chi connectivity index (χ3v) is 2.23. The van der Waals surface area contributed by atoms with Crippen LogP contribution in [0.15, 0.2) is 17.2 Å². The molecule has 0 saturated heterocycles.